The van der Waals surface area contributed by atoms with E-state index in [9.17, 15) is 0 Å². The van der Waals surface area contributed by atoms with Crippen LogP contribution in [0.15, 0.2) is 0 Å². The number of hydrogen-bond donors (Lipinski definition) is 2. The van der Waals surface area contributed by atoms with Gasteiger partial charge in [-0.15, -0.1) is 11.6 Å². The van der Waals surface area contributed by atoms with E-state index < -0.39 is 5.12 Å². The summed E-state index contributed by atoms with van der Waals surface area (Å²) in [5, 5.41) is -0.937. The van der Waals surface area contributed by atoms with E-state index in [0.717, 1.165) is 12.8 Å². The van der Waals surface area contributed by atoms with Gasteiger partial charge < -0.3 is 11.5 Å². The molecule has 4 heteroatoms. The van der Waals surface area contributed by atoms with Gasteiger partial charge in [0.15, 0.2) is 0 Å². The summed E-state index contributed by atoms with van der Waals surface area (Å²) in [7, 11) is 0. The van der Waals surface area contributed by atoms with Gasteiger partial charge in [-0.1, -0.05) is 18.5 Å². The average Bonchev–Trinajstić information content (AvgIpc) is 1.81. The van der Waals surface area contributed by atoms with E-state index in [1.165, 1.54) is 0 Å². The van der Waals surface area contributed by atoms with Crippen LogP contribution < -0.4 is 11.5 Å². The molecular formula is C6H14Cl2N2. The van der Waals surface area contributed by atoms with Gasteiger partial charge in [0.25, 0.3) is 0 Å². The molecule has 0 aliphatic rings. The molecule has 0 rings (SSSR count). The van der Waals surface area contributed by atoms with Crippen LogP contribution in [0.3, 0.4) is 0 Å². The predicted octanol–water partition coefficient (Wildman–Crippen LogP) is 1.59. The Morgan fingerprint density at radius 2 is 2.00 bits per heavy atom. The molecule has 0 saturated carbocycles. The first-order valence-electron chi connectivity index (χ1n) is 3.36. The molecule has 0 radical (unpaired) electrons. The highest BCUT2D eigenvalue weighted by Crippen LogP contribution is 2.15. The van der Waals surface area contributed by atoms with Crippen molar-refractivity contribution in [1.29, 1.82) is 0 Å². The van der Waals surface area contributed by atoms with Crippen molar-refractivity contribution in [1.82, 2.24) is 0 Å². The molecule has 62 valence electrons. The van der Waals surface area contributed by atoms with Crippen molar-refractivity contribution < 1.29 is 0 Å². The van der Waals surface area contributed by atoms with Crippen LogP contribution in [-0.2, 0) is 0 Å². The zero-order valence-corrected chi connectivity index (χ0v) is 7.62. The molecule has 0 aromatic rings. The van der Waals surface area contributed by atoms with Gasteiger partial charge in [0.05, 0.1) is 0 Å². The second-order valence-electron chi connectivity index (χ2n) is 2.47. The highest BCUT2D eigenvalue weighted by molar-refractivity contribution is 6.23. The van der Waals surface area contributed by atoms with Crippen LogP contribution in [0.25, 0.3) is 0 Å². The zero-order chi connectivity index (χ0) is 8.20. The number of rotatable bonds is 4. The van der Waals surface area contributed by atoms with Crippen molar-refractivity contribution in [2.45, 2.75) is 36.7 Å². The summed E-state index contributed by atoms with van der Waals surface area (Å²) < 4.78 is 0. The van der Waals surface area contributed by atoms with Crippen LogP contribution in [0.5, 0.6) is 0 Å². The molecule has 0 bridgehead atoms. The lowest BCUT2D eigenvalue weighted by atomic mass is 10.2. The summed E-state index contributed by atoms with van der Waals surface area (Å²) in [6.07, 6.45) is 2.25. The fourth-order valence-electron chi connectivity index (χ4n) is 0.582. The minimum Gasteiger partial charge on any atom is -0.301 e. The van der Waals surface area contributed by atoms with Gasteiger partial charge in [-0.2, -0.15) is 0 Å². The molecule has 1 atom stereocenters. The Morgan fingerprint density at radius 3 is 2.30 bits per heavy atom. The van der Waals surface area contributed by atoms with Gasteiger partial charge >= 0.3 is 0 Å². The lowest BCUT2D eigenvalue weighted by molar-refractivity contribution is 0.529. The molecule has 0 aromatic heterocycles. The fourth-order valence-corrected chi connectivity index (χ4v) is 0.800. The van der Waals surface area contributed by atoms with Crippen LogP contribution in [0.1, 0.15) is 26.2 Å². The number of nitrogens with two attached hydrogens (primary N) is 2. The van der Waals surface area contributed by atoms with Gasteiger partial charge in [-0.25, -0.2) is 0 Å². The minimum atomic E-state index is -1.08. The summed E-state index contributed by atoms with van der Waals surface area (Å²) in [4.78, 5) is 0. The maximum Gasteiger partial charge on any atom is 0.141 e. The molecule has 0 aromatic carbocycles. The molecule has 0 aliphatic carbocycles. The van der Waals surface area contributed by atoms with Gasteiger partial charge in [-0.3, -0.25) is 0 Å². The van der Waals surface area contributed by atoms with E-state index in [4.69, 9.17) is 34.7 Å². The highest BCUT2D eigenvalue weighted by atomic mass is 35.5. The predicted molar refractivity (Wildman–Crippen MR) is 46.1 cm³/mol. The second kappa shape index (κ2) is 4.39. The number of hydrogen-bond acceptors (Lipinski definition) is 2. The Hall–Kier alpha value is 0.500. The maximum atomic E-state index is 5.80. The molecular weight excluding hydrogens is 171 g/mol. The third-order valence-corrected chi connectivity index (χ3v) is 2.00. The Morgan fingerprint density at radius 1 is 1.50 bits per heavy atom. The SMILES string of the molecule is CCC(Cl)CCC(N)(N)Cl. The first-order valence-corrected chi connectivity index (χ1v) is 4.18. The fraction of sp³-hybridized carbons (Fsp3) is 1.00. The summed E-state index contributed by atoms with van der Waals surface area (Å²) in [6.45, 7) is 2.01. The highest BCUT2D eigenvalue weighted by Gasteiger charge is 2.15. The van der Waals surface area contributed by atoms with Crippen LogP contribution >= 0.6 is 23.2 Å². The van der Waals surface area contributed by atoms with Crippen LogP contribution in [0.2, 0.25) is 0 Å². The van der Waals surface area contributed by atoms with Crippen LogP contribution in [0, 0.1) is 0 Å². The second-order valence-corrected chi connectivity index (χ2v) is 3.79. The monoisotopic (exact) mass is 184 g/mol. The van der Waals surface area contributed by atoms with Crippen molar-refractivity contribution in [3.05, 3.63) is 0 Å². The smallest absolute Gasteiger partial charge is 0.141 e. The van der Waals surface area contributed by atoms with Gasteiger partial charge in [0, 0.05) is 5.38 Å². The van der Waals surface area contributed by atoms with Gasteiger partial charge in [-0.05, 0) is 19.3 Å². The molecule has 1 unspecified atom stereocenters. The first kappa shape index (κ1) is 10.5. The lowest BCUT2D eigenvalue weighted by Crippen LogP contribution is -2.43. The molecule has 0 fully saturated rings. The van der Waals surface area contributed by atoms with Crippen LogP contribution in [0.4, 0.5) is 0 Å². The molecule has 2 nitrogen and oxygen atoms in total. The number of alkyl halides is 2. The molecule has 0 heterocycles. The largest absolute Gasteiger partial charge is 0.301 e. The van der Waals surface area contributed by atoms with Crippen molar-refractivity contribution in [2.75, 3.05) is 0 Å². The van der Waals surface area contributed by atoms with Crippen molar-refractivity contribution in [3.8, 4) is 0 Å². The minimum absolute atomic E-state index is 0.144. The molecule has 0 spiro atoms. The van der Waals surface area contributed by atoms with Gasteiger partial charge in [0.1, 0.15) is 5.12 Å². The topological polar surface area (TPSA) is 52.0 Å². The Kier molecular flexibility index (Phi) is 4.61. The van der Waals surface area contributed by atoms with Crippen LogP contribution in [-0.4, -0.2) is 10.5 Å². The number of halogens is 2. The third kappa shape index (κ3) is 6.62. The van der Waals surface area contributed by atoms with Crippen molar-refractivity contribution in [2.24, 2.45) is 11.5 Å². The van der Waals surface area contributed by atoms with Gasteiger partial charge in [0.2, 0.25) is 0 Å². The van der Waals surface area contributed by atoms with E-state index >= 15 is 0 Å². The van der Waals surface area contributed by atoms with E-state index in [1.54, 1.807) is 0 Å². The summed E-state index contributed by atoms with van der Waals surface area (Å²) in [5.74, 6) is 0. The van der Waals surface area contributed by atoms with E-state index in [-0.39, 0.29) is 5.38 Å². The summed E-state index contributed by atoms with van der Waals surface area (Å²) in [5.41, 5.74) is 10.6. The average molecular weight is 185 g/mol. The molecule has 0 aliphatic heterocycles. The quantitative estimate of drug-likeness (QED) is 0.397. The molecule has 0 saturated heterocycles. The lowest BCUT2D eigenvalue weighted by Gasteiger charge is -2.16. The van der Waals surface area contributed by atoms with E-state index in [0.29, 0.717) is 6.42 Å². The first-order chi connectivity index (χ1) is 4.45. The molecule has 4 N–H and O–H groups in total. The molecule has 0 amide bonds. The summed E-state index contributed by atoms with van der Waals surface area (Å²) in [6, 6.07) is 0. The zero-order valence-electron chi connectivity index (χ0n) is 6.11. The van der Waals surface area contributed by atoms with Crippen molar-refractivity contribution >= 4 is 23.2 Å². The third-order valence-electron chi connectivity index (χ3n) is 1.28. The van der Waals surface area contributed by atoms with E-state index in [2.05, 4.69) is 0 Å². The van der Waals surface area contributed by atoms with E-state index in [1.807, 2.05) is 6.92 Å². The standard InChI is InChI=1S/C6H14Cl2N2/c1-2-5(7)3-4-6(8,9)10/h5H,2-4,9-10H2,1H3. The Bertz CT molecular complexity index is 90.2. The molecule has 10 heavy (non-hydrogen) atoms. The maximum absolute atomic E-state index is 5.80. The Balaban J connectivity index is 3.36. The van der Waals surface area contributed by atoms with Crippen molar-refractivity contribution in [3.63, 3.8) is 0 Å². The summed E-state index contributed by atoms with van der Waals surface area (Å²) >= 11 is 11.3. The normalized spacial score (nSPS) is 15.3. The Labute approximate surface area is 71.9 Å².